The molecule has 2 heterocycles. The smallest absolute Gasteiger partial charge is 0.257 e. The lowest BCUT2D eigenvalue weighted by Gasteiger charge is -2.24. The Morgan fingerprint density at radius 3 is 2.80 bits per heavy atom. The molecule has 1 saturated heterocycles. The van der Waals surface area contributed by atoms with E-state index in [1.807, 2.05) is 4.90 Å². The van der Waals surface area contributed by atoms with E-state index in [4.69, 9.17) is 0 Å². The van der Waals surface area contributed by atoms with Crippen LogP contribution in [0.4, 0.5) is 25.8 Å². The Morgan fingerprint density at radius 2 is 2.07 bits per heavy atom. The number of benzene rings is 2. The maximum Gasteiger partial charge on any atom is 0.257 e. The quantitative estimate of drug-likeness (QED) is 0.756. The van der Waals surface area contributed by atoms with Gasteiger partial charge in [-0.25, -0.2) is 8.78 Å². The molecular formula is C22H22F2N4O2. The number of nitrogens with one attached hydrogen (secondary N) is 2. The maximum absolute atomic E-state index is 14.7. The van der Waals surface area contributed by atoms with E-state index in [1.165, 1.54) is 37.4 Å². The molecule has 30 heavy (non-hydrogen) atoms. The van der Waals surface area contributed by atoms with E-state index >= 15 is 0 Å². The molecule has 8 heteroatoms. The maximum atomic E-state index is 14.7. The molecular weight excluding hydrogens is 390 g/mol. The van der Waals surface area contributed by atoms with Crippen LogP contribution in [0.1, 0.15) is 18.9 Å². The molecule has 2 aliphatic rings. The van der Waals surface area contributed by atoms with Crippen LogP contribution in [-0.4, -0.2) is 42.9 Å². The Bertz CT molecular complexity index is 1050. The van der Waals surface area contributed by atoms with Crippen molar-refractivity contribution in [2.45, 2.75) is 19.4 Å². The Hall–Kier alpha value is -3.42. The molecule has 0 aliphatic carbocycles. The molecule has 1 unspecified atom stereocenters. The van der Waals surface area contributed by atoms with Crippen LogP contribution >= 0.6 is 0 Å². The largest absolute Gasteiger partial charge is 0.367 e. The zero-order chi connectivity index (χ0) is 21.4. The van der Waals surface area contributed by atoms with Crippen LogP contribution in [0, 0.1) is 11.6 Å². The van der Waals surface area contributed by atoms with Gasteiger partial charge in [0.1, 0.15) is 11.6 Å². The van der Waals surface area contributed by atoms with Gasteiger partial charge in [-0.1, -0.05) is 0 Å². The van der Waals surface area contributed by atoms with E-state index < -0.39 is 11.6 Å². The molecule has 1 atom stereocenters. The van der Waals surface area contributed by atoms with E-state index in [0.717, 1.165) is 6.42 Å². The van der Waals surface area contributed by atoms with Crippen molar-refractivity contribution in [2.24, 2.45) is 0 Å². The second kappa shape index (κ2) is 7.78. The first-order valence-corrected chi connectivity index (χ1v) is 9.69. The predicted octanol–water partition coefficient (Wildman–Crippen LogP) is 3.43. The van der Waals surface area contributed by atoms with Gasteiger partial charge in [0.15, 0.2) is 0 Å². The van der Waals surface area contributed by atoms with Crippen molar-refractivity contribution < 1.29 is 18.4 Å². The van der Waals surface area contributed by atoms with Gasteiger partial charge in [-0.3, -0.25) is 9.59 Å². The lowest BCUT2D eigenvalue weighted by molar-refractivity contribution is -0.129. The lowest BCUT2D eigenvalue weighted by atomic mass is 10.1. The van der Waals surface area contributed by atoms with Crippen molar-refractivity contribution in [3.05, 3.63) is 59.8 Å². The molecule has 2 amide bonds. The number of anilines is 3. The fraction of sp³-hybridized carbons (Fsp3) is 0.273. The van der Waals surface area contributed by atoms with E-state index in [9.17, 15) is 18.4 Å². The summed E-state index contributed by atoms with van der Waals surface area (Å²) in [6.07, 6.45) is 2.23. The highest BCUT2D eigenvalue weighted by molar-refractivity contribution is 6.31. The number of halogens is 2. The molecule has 2 aromatic rings. The molecule has 1 fully saturated rings. The summed E-state index contributed by atoms with van der Waals surface area (Å²) in [5.74, 6) is -1.19. The first-order chi connectivity index (χ1) is 14.3. The van der Waals surface area contributed by atoms with Gasteiger partial charge in [-0.2, -0.15) is 0 Å². The monoisotopic (exact) mass is 412 g/mol. The summed E-state index contributed by atoms with van der Waals surface area (Å²) in [6.45, 7) is 2.76. The number of carbonyl (C=O) groups excluding carboxylic acids is 2. The molecule has 2 aliphatic heterocycles. The standard InChI is InChI=1S/C22H22F2N4O2/c1-13(29)27(2)16-7-8-28(12-16)21-6-4-15(10-19(21)24)25-11-18-17-9-14(23)3-5-20(17)26-22(18)30/h3-6,9-11,16,25H,7-8,12H2,1-2H3,(H,26,30). The van der Waals surface area contributed by atoms with Gasteiger partial charge in [0.05, 0.1) is 17.3 Å². The fourth-order valence-corrected chi connectivity index (χ4v) is 3.85. The van der Waals surface area contributed by atoms with Gasteiger partial charge >= 0.3 is 0 Å². The number of likely N-dealkylation sites (N-methyl/N-ethyl adjacent to an activating group) is 1. The van der Waals surface area contributed by atoms with Gasteiger partial charge in [0.2, 0.25) is 5.91 Å². The van der Waals surface area contributed by atoms with Crippen molar-refractivity contribution in [3.8, 4) is 0 Å². The number of hydrogen-bond donors (Lipinski definition) is 2. The molecule has 4 rings (SSSR count). The average Bonchev–Trinajstić information content (AvgIpc) is 3.30. The van der Waals surface area contributed by atoms with E-state index in [1.54, 1.807) is 24.1 Å². The summed E-state index contributed by atoms with van der Waals surface area (Å²) < 4.78 is 28.3. The molecule has 6 nitrogen and oxygen atoms in total. The Morgan fingerprint density at radius 1 is 1.27 bits per heavy atom. The number of rotatable bonds is 4. The molecule has 0 aromatic heterocycles. The summed E-state index contributed by atoms with van der Waals surface area (Å²) in [6, 6.07) is 8.88. The summed E-state index contributed by atoms with van der Waals surface area (Å²) >= 11 is 0. The normalized spacial score (nSPS) is 19.1. The minimum Gasteiger partial charge on any atom is -0.367 e. The van der Waals surface area contributed by atoms with Crippen LogP contribution in [0.2, 0.25) is 0 Å². The number of fused-ring (bicyclic) bond motifs is 1. The number of amides is 2. The molecule has 2 N–H and O–H groups in total. The molecule has 0 radical (unpaired) electrons. The Balaban J connectivity index is 1.49. The SMILES string of the molecule is CC(=O)N(C)C1CCN(c2ccc(NC=C3C(=O)Nc4ccc(F)cc43)cc2F)C1. The fourth-order valence-electron chi connectivity index (χ4n) is 3.85. The molecule has 0 bridgehead atoms. The third-order valence-corrected chi connectivity index (χ3v) is 5.64. The van der Waals surface area contributed by atoms with Crippen LogP contribution in [0.3, 0.4) is 0 Å². The molecule has 156 valence electrons. The van der Waals surface area contributed by atoms with Crippen LogP contribution in [0.25, 0.3) is 5.57 Å². The summed E-state index contributed by atoms with van der Waals surface area (Å²) in [4.78, 5) is 27.3. The first kappa shape index (κ1) is 19.9. The van der Waals surface area contributed by atoms with Gasteiger partial charge in [0, 0.05) is 50.2 Å². The summed E-state index contributed by atoms with van der Waals surface area (Å²) in [5.41, 5.74) is 2.22. The van der Waals surface area contributed by atoms with Crippen molar-refractivity contribution in [2.75, 3.05) is 35.7 Å². The minimum absolute atomic E-state index is 0.00712. The van der Waals surface area contributed by atoms with Crippen LogP contribution in [-0.2, 0) is 9.59 Å². The number of nitrogens with zero attached hydrogens (tertiary/aromatic N) is 2. The Kier molecular flexibility index (Phi) is 5.15. The van der Waals surface area contributed by atoms with E-state index in [2.05, 4.69) is 10.6 Å². The van der Waals surface area contributed by atoms with Crippen LogP contribution in [0.15, 0.2) is 42.6 Å². The van der Waals surface area contributed by atoms with Crippen LogP contribution < -0.4 is 15.5 Å². The van der Waals surface area contributed by atoms with Crippen molar-refractivity contribution in [1.29, 1.82) is 0 Å². The van der Waals surface area contributed by atoms with Crippen LogP contribution in [0.5, 0.6) is 0 Å². The number of hydrogen-bond acceptors (Lipinski definition) is 4. The van der Waals surface area contributed by atoms with Gasteiger partial charge in [-0.15, -0.1) is 0 Å². The second-order valence-electron chi connectivity index (χ2n) is 7.53. The van der Waals surface area contributed by atoms with Crippen molar-refractivity contribution in [3.63, 3.8) is 0 Å². The van der Waals surface area contributed by atoms with Crippen molar-refractivity contribution >= 4 is 34.4 Å². The highest BCUT2D eigenvalue weighted by atomic mass is 19.1. The molecule has 0 saturated carbocycles. The van der Waals surface area contributed by atoms with E-state index in [-0.39, 0.29) is 23.4 Å². The molecule has 2 aromatic carbocycles. The topological polar surface area (TPSA) is 64.7 Å². The molecule has 0 spiro atoms. The van der Waals surface area contributed by atoms with Gasteiger partial charge < -0.3 is 20.4 Å². The van der Waals surface area contributed by atoms with Gasteiger partial charge in [-0.05, 0) is 42.8 Å². The second-order valence-corrected chi connectivity index (χ2v) is 7.53. The summed E-state index contributed by atoms with van der Waals surface area (Å²) in [7, 11) is 1.76. The zero-order valence-electron chi connectivity index (χ0n) is 16.7. The Labute approximate surface area is 173 Å². The van der Waals surface area contributed by atoms with E-state index in [0.29, 0.717) is 35.7 Å². The minimum atomic E-state index is -0.439. The highest BCUT2D eigenvalue weighted by Crippen LogP contribution is 2.33. The van der Waals surface area contributed by atoms with Crippen molar-refractivity contribution in [1.82, 2.24) is 4.90 Å². The zero-order valence-corrected chi connectivity index (χ0v) is 16.7. The first-order valence-electron chi connectivity index (χ1n) is 9.69. The number of carbonyl (C=O) groups is 2. The third-order valence-electron chi connectivity index (χ3n) is 5.64. The summed E-state index contributed by atoms with van der Waals surface area (Å²) in [5, 5.41) is 5.59. The lowest BCUT2D eigenvalue weighted by Crippen LogP contribution is -2.37. The average molecular weight is 412 g/mol. The third kappa shape index (κ3) is 3.72. The predicted molar refractivity (Wildman–Crippen MR) is 112 cm³/mol. The van der Waals surface area contributed by atoms with Gasteiger partial charge in [0.25, 0.3) is 5.91 Å². The highest BCUT2D eigenvalue weighted by Gasteiger charge is 2.28.